The number of hydrogen-bond donors (Lipinski definition) is 2. The van der Waals surface area contributed by atoms with Crippen LogP contribution in [0.5, 0.6) is 11.6 Å². The molecular weight excluding hydrogens is 294 g/mol. The van der Waals surface area contributed by atoms with E-state index in [0.717, 1.165) is 28.5 Å². The standard InChI is InChI=1S/C17H25N3O3/c1-12-6-5-7-15(8-12)23-11-14(21)9-18-10-16-13(2)19-20(3)17(16)22-4/h5-8,14,18,21H,9-11H2,1-4H3/t14-/m0/s1. The van der Waals surface area contributed by atoms with Gasteiger partial charge in [0.25, 0.3) is 0 Å². The van der Waals surface area contributed by atoms with Crippen LogP contribution in [0.15, 0.2) is 24.3 Å². The zero-order valence-corrected chi connectivity index (χ0v) is 14.2. The van der Waals surface area contributed by atoms with Gasteiger partial charge in [-0.2, -0.15) is 5.10 Å². The van der Waals surface area contributed by atoms with Gasteiger partial charge in [0.2, 0.25) is 5.88 Å². The zero-order chi connectivity index (χ0) is 16.8. The molecule has 1 atom stereocenters. The second kappa shape index (κ2) is 7.99. The molecule has 1 aromatic carbocycles. The van der Waals surface area contributed by atoms with Crippen LogP contribution in [0, 0.1) is 13.8 Å². The second-order valence-electron chi connectivity index (χ2n) is 5.61. The average Bonchev–Trinajstić information content (AvgIpc) is 2.79. The SMILES string of the molecule is COc1c(CNC[C@H](O)COc2cccc(C)c2)c(C)nn1C. The number of aliphatic hydroxyl groups is 1. The van der Waals surface area contributed by atoms with Gasteiger partial charge < -0.3 is 19.9 Å². The van der Waals surface area contributed by atoms with Crippen molar-refractivity contribution in [3.05, 3.63) is 41.1 Å². The number of nitrogens with zero attached hydrogens (tertiary/aromatic N) is 2. The molecule has 0 fully saturated rings. The predicted octanol–water partition coefficient (Wildman–Crippen LogP) is 1.58. The van der Waals surface area contributed by atoms with Crippen LogP contribution >= 0.6 is 0 Å². The van der Waals surface area contributed by atoms with E-state index >= 15 is 0 Å². The van der Waals surface area contributed by atoms with E-state index in [4.69, 9.17) is 9.47 Å². The lowest BCUT2D eigenvalue weighted by Gasteiger charge is -2.14. The van der Waals surface area contributed by atoms with Crippen molar-refractivity contribution in [3.8, 4) is 11.6 Å². The Kier molecular flexibility index (Phi) is 6.01. The van der Waals surface area contributed by atoms with Crippen molar-refractivity contribution in [1.82, 2.24) is 15.1 Å². The molecule has 1 aromatic heterocycles. The highest BCUT2D eigenvalue weighted by Crippen LogP contribution is 2.20. The number of benzene rings is 1. The number of hydrogen-bond acceptors (Lipinski definition) is 5. The molecule has 1 heterocycles. The summed E-state index contributed by atoms with van der Waals surface area (Å²) in [6.45, 7) is 5.22. The molecule has 2 rings (SSSR count). The number of rotatable bonds is 8. The maximum absolute atomic E-state index is 10.0. The van der Waals surface area contributed by atoms with E-state index in [1.165, 1.54) is 0 Å². The number of nitrogens with one attached hydrogen (secondary N) is 1. The van der Waals surface area contributed by atoms with Gasteiger partial charge in [0.1, 0.15) is 18.5 Å². The van der Waals surface area contributed by atoms with Crippen molar-refractivity contribution in [2.24, 2.45) is 7.05 Å². The molecule has 0 aliphatic heterocycles. The van der Waals surface area contributed by atoms with Crippen molar-refractivity contribution < 1.29 is 14.6 Å². The Balaban J connectivity index is 1.78. The maximum Gasteiger partial charge on any atom is 0.216 e. The van der Waals surface area contributed by atoms with Crippen molar-refractivity contribution >= 4 is 0 Å². The van der Waals surface area contributed by atoms with Gasteiger partial charge in [-0.3, -0.25) is 0 Å². The molecule has 126 valence electrons. The van der Waals surface area contributed by atoms with Gasteiger partial charge in [-0.15, -0.1) is 0 Å². The minimum atomic E-state index is -0.585. The molecule has 0 amide bonds. The molecule has 23 heavy (non-hydrogen) atoms. The molecule has 2 aromatic rings. The molecule has 0 bridgehead atoms. The van der Waals surface area contributed by atoms with Crippen molar-refractivity contribution in [2.75, 3.05) is 20.3 Å². The van der Waals surface area contributed by atoms with Crippen LogP contribution in [0.3, 0.4) is 0 Å². The third kappa shape index (κ3) is 4.71. The average molecular weight is 319 g/mol. The van der Waals surface area contributed by atoms with Crippen LogP contribution in [0.2, 0.25) is 0 Å². The van der Waals surface area contributed by atoms with Gasteiger partial charge in [-0.25, -0.2) is 4.68 Å². The van der Waals surface area contributed by atoms with E-state index < -0.39 is 6.10 Å². The lowest BCUT2D eigenvalue weighted by Crippen LogP contribution is -2.31. The number of aliphatic hydroxyl groups excluding tert-OH is 1. The van der Waals surface area contributed by atoms with Gasteiger partial charge in [-0.1, -0.05) is 12.1 Å². The normalized spacial score (nSPS) is 12.2. The third-order valence-corrected chi connectivity index (χ3v) is 3.60. The molecule has 0 aliphatic carbocycles. The second-order valence-corrected chi connectivity index (χ2v) is 5.61. The molecule has 0 aliphatic rings. The summed E-state index contributed by atoms with van der Waals surface area (Å²) in [6, 6.07) is 7.78. The smallest absolute Gasteiger partial charge is 0.216 e. The lowest BCUT2D eigenvalue weighted by molar-refractivity contribution is 0.106. The molecular formula is C17H25N3O3. The summed E-state index contributed by atoms with van der Waals surface area (Å²) in [6.07, 6.45) is -0.585. The number of aromatic nitrogens is 2. The van der Waals surface area contributed by atoms with E-state index in [1.54, 1.807) is 11.8 Å². The minimum Gasteiger partial charge on any atom is -0.491 e. The summed E-state index contributed by atoms with van der Waals surface area (Å²) in [4.78, 5) is 0. The van der Waals surface area contributed by atoms with Crippen LogP contribution < -0.4 is 14.8 Å². The minimum absolute atomic E-state index is 0.250. The highest BCUT2D eigenvalue weighted by atomic mass is 16.5. The Morgan fingerprint density at radius 1 is 1.35 bits per heavy atom. The molecule has 0 radical (unpaired) electrons. The van der Waals surface area contributed by atoms with Crippen LogP contribution in [-0.4, -0.2) is 41.3 Å². The molecule has 0 spiro atoms. The van der Waals surface area contributed by atoms with Gasteiger partial charge >= 0.3 is 0 Å². The van der Waals surface area contributed by atoms with Gasteiger partial charge in [-0.05, 0) is 31.5 Å². The lowest BCUT2D eigenvalue weighted by atomic mass is 10.2. The van der Waals surface area contributed by atoms with Gasteiger partial charge in [0.15, 0.2) is 0 Å². The molecule has 6 heteroatoms. The maximum atomic E-state index is 10.0. The fraction of sp³-hybridized carbons (Fsp3) is 0.471. The zero-order valence-electron chi connectivity index (χ0n) is 14.2. The number of ether oxygens (including phenoxy) is 2. The van der Waals surface area contributed by atoms with Crippen LogP contribution in [-0.2, 0) is 13.6 Å². The Labute approximate surface area is 137 Å². The van der Waals surface area contributed by atoms with E-state index in [-0.39, 0.29) is 6.61 Å². The molecule has 0 saturated heterocycles. The molecule has 6 nitrogen and oxygen atoms in total. The van der Waals surface area contributed by atoms with Crippen molar-refractivity contribution in [2.45, 2.75) is 26.5 Å². The largest absolute Gasteiger partial charge is 0.491 e. The first kappa shape index (κ1) is 17.3. The highest BCUT2D eigenvalue weighted by molar-refractivity contribution is 5.30. The summed E-state index contributed by atoms with van der Waals surface area (Å²) in [5.41, 5.74) is 3.05. The topological polar surface area (TPSA) is 68.5 Å². The summed E-state index contributed by atoms with van der Waals surface area (Å²) in [7, 11) is 3.48. The van der Waals surface area contributed by atoms with Gasteiger partial charge in [0.05, 0.1) is 18.4 Å². The fourth-order valence-electron chi connectivity index (χ4n) is 2.46. The monoisotopic (exact) mass is 319 g/mol. The summed E-state index contributed by atoms with van der Waals surface area (Å²) >= 11 is 0. The first-order chi connectivity index (χ1) is 11.0. The highest BCUT2D eigenvalue weighted by Gasteiger charge is 2.14. The summed E-state index contributed by atoms with van der Waals surface area (Å²) in [5, 5.41) is 17.6. The van der Waals surface area contributed by atoms with E-state index in [1.807, 2.05) is 45.2 Å². The number of aryl methyl sites for hydroxylation is 3. The fourth-order valence-corrected chi connectivity index (χ4v) is 2.46. The Bertz CT molecular complexity index is 640. The quantitative estimate of drug-likeness (QED) is 0.773. The van der Waals surface area contributed by atoms with Gasteiger partial charge in [0, 0.05) is 20.1 Å². The summed E-state index contributed by atoms with van der Waals surface area (Å²) in [5.74, 6) is 1.51. The first-order valence-electron chi connectivity index (χ1n) is 7.66. The summed E-state index contributed by atoms with van der Waals surface area (Å²) < 4.78 is 12.6. The molecule has 0 unspecified atom stereocenters. The Hall–Kier alpha value is -2.05. The third-order valence-electron chi connectivity index (χ3n) is 3.60. The number of methoxy groups -OCH3 is 1. The van der Waals surface area contributed by atoms with E-state index in [0.29, 0.717) is 13.1 Å². The Morgan fingerprint density at radius 2 is 2.13 bits per heavy atom. The predicted molar refractivity (Wildman–Crippen MR) is 88.9 cm³/mol. The molecule has 2 N–H and O–H groups in total. The van der Waals surface area contributed by atoms with Crippen LogP contribution in [0.1, 0.15) is 16.8 Å². The Morgan fingerprint density at radius 3 is 2.83 bits per heavy atom. The van der Waals surface area contributed by atoms with E-state index in [2.05, 4.69) is 10.4 Å². The first-order valence-corrected chi connectivity index (χ1v) is 7.66. The van der Waals surface area contributed by atoms with Crippen LogP contribution in [0.25, 0.3) is 0 Å². The van der Waals surface area contributed by atoms with E-state index in [9.17, 15) is 5.11 Å². The van der Waals surface area contributed by atoms with Crippen LogP contribution in [0.4, 0.5) is 0 Å². The molecule has 0 saturated carbocycles. The van der Waals surface area contributed by atoms with Crippen molar-refractivity contribution in [3.63, 3.8) is 0 Å². The van der Waals surface area contributed by atoms with Crippen molar-refractivity contribution in [1.29, 1.82) is 0 Å².